The van der Waals surface area contributed by atoms with Gasteiger partial charge in [0.05, 0.1) is 23.2 Å². The van der Waals surface area contributed by atoms with Crippen molar-refractivity contribution >= 4 is 16.9 Å². The number of aromatic nitrogens is 3. The molecule has 0 radical (unpaired) electrons. The molecular formula is C19H23N5O. The fraction of sp³-hybridized carbons (Fsp3) is 0.526. The van der Waals surface area contributed by atoms with Gasteiger partial charge in [0, 0.05) is 44.8 Å². The van der Waals surface area contributed by atoms with Crippen molar-refractivity contribution in [1.82, 2.24) is 24.6 Å². The molecule has 1 saturated carbocycles. The first-order valence-electron chi connectivity index (χ1n) is 8.88. The van der Waals surface area contributed by atoms with Crippen LogP contribution in [0.25, 0.3) is 11.0 Å². The van der Waals surface area contributed by atoms with Crippen molar-refractivity contribution in [2.75, 3.05) is 32.7 Å². The minimum atomic E-state index is 0.0887. The SMILES string of the molecule is C#CCN1CCN(C(=O)c2cc(C3CC3)nc3c2c(C)nn3C)CC1. The monoisotopic (exact) mass is 337 g/mol. The van der Waals surface area contributed by atoms with Crippen LogP contribution in [-0.2, 0) is 7.05 Å². The summed E-state index contributed by atoms with van der Waals surface area (Å²) in [5, 5.41) is 5.38. The summed E-state index contributed by atoms with van der Waals surface area (Å²) in [6.45, 7) is 5.67. The molecule has 0 aromatic carbocycles. The van der Waals surface area contributed by atoms with Gasteiger partial charge in [0.1, 0.15) is 0 Å². The molecule has 4 rings (SSSR count). The van der Waals surface area contributed by atoms with E-state index in [1.54, 1.807) is 4.68 Å². The Morgan fingerprint density at radius 2 is 2.04 bits per heavy atom. The van der Waals surface area contributed by atoms with E-state index < -0.39 is 0 Å². The summed E-state index contributed by atoms with van der Waals surface area (Å²) in [5.74, 6) is 3.27. The van der Waals surface area contributed by atoms with Gasteiger partial charge in [-0.25, -0.2) is 4.98 Å². The first kappa shape index (κ1) is 16.1. The molecule has 0 bridgehead atoms. The summed E-state index contributed by atoms with van der Waals surface area (Å²) >= 11 is 0. The van der Waals surface area contributed by atoms with Crippen molar-refractivity contribution in [3.8, 4) is 12.3 Å². The van der Waals surface area contributed by atoms with Gasteiger partial charge in [-0.1, -0.05) is 5.92 Å². The van der Waals surface area contributed by atoms with Gasteiger partial charge in [-0.2, -0.15) is 5.10 Å². The predicted octanol–water partition coefficient (Wildman–Crippen LogP) is 1.55. The Hall–Kier alpha value is -2.39. The van der Waals surface area contributed by atoms with Crippen molar-refractivity contribution in [1.29, 1.82) is 0 Å². The Kier molecular flexibility index (Phi) is 3.97. The number of hydrogen-bond acceptors (Lipinski definition) is 4. The molecule has 2 aromatic heterocycles. The number of nitrogens with zero attached hydrogens (tertiary/aromatic N) is 5. The molecular weight excluding hydrogens is 314 g/mol. The third kappa shape index (κ3) is 2.89. The van der Waals surface area contributed by atoms with Crippen molar-refractivity contribution in [3.63, 3.8) is 0 Å². The maximum atomic E-state index is 13.2. The smallest absolute Gasteiger partial charge is 0.254 e. The number of carbonyl (C=O) groups is 1. The van der Waals surface area contributed by atoms with E-state index in [9.17, 15) is 4.79 Å². The van der Waals surface area contributed by atoms with Crippen molar-refractivity contribution < 1.29 is 4.79 Å². The summed E-state index contributed by atoms with van der Waals surface area (Å²) in [4.78, 5) is 22.2. The number of fused-ring (bicyclic) bond motifs is 1. The summed E-state index contributed by atoms with van der Waals surface area (Å²) in [5.41, 5.74) is 3.46. The Bertz CT molecular complexity index is 866. The van der Waals surface area contributed by atoms with Gasteiger partial charge < -0.3 is 4.90 Å². The molecule has 1 amide bonds. The highest BCUT2D eigenvalue weighted by Crippen LogP contribution is 2.40. The van der Waals surface area contributed by atoms with Crippen molar-refractivity contribution in [3.05, 3.63) is 23.0 Å². The number of carbonyl (C=O) groups excluding carboxylic acids is 1. The molecule has 6 nitrogen and oxygen atoms in total. The van der Waals surface area contributed by atoms with Gasteiger partial charge in [0.25, 0.3) is 5.91 Å². The van der Waals surface area contributed by atoms with Crippen LogP contribution in [0, 0.1) is 19.3 Å². The zero-order valence-electron chi connectivity index (χ0n) is 14.8. The standard InChI is InChI=1S/C19H23N5O/c1-4-7-23-8-10-24(11-9-23)19(25)15-12-16(14-5-6-14)20-18-17(15)13(2)21-22(18)3/h1,12,14H,5-11H2,2-3H3. The normalized spacial score (nSPS) is 18.5. The van der Waals surface area contributed by atoms with E-state index in [2.05, 4.69) is 15.9 Å². The second-order valence-corrected chi connectivity index (χ2v) is 7.05. The topological polar surface area (TPSA) is 54.3 Å². The van der Waals surface area contributed by atoms with Crippen LogP contribution < -0.4 is 0 Å². The zero-order valence-corrected chi connectivity index (χ0v) is 14.8. The third-order valence-corrected chi connectivity index (χ3v) is 5.19. The Balaban J connectivity index is 1.68. The fourth-order valence-corrected chi connectivity index (χ4v) is 3.63. The van der Waals surface area contributed by atoms with Crippen LogP contribution in [0.4, 0.5) is 0 Å². The van der Waals surface area contributed by atoms with E-state index in [0.717, 1.165) is 53.9 Å². The maximum absolute atomic E-state index is 13.2. The average Bonchev–Trinajstić information content (AvgIpc) is 3.42. The number of pyridine rings is 1. The van der Waals surface area contributed by atoms with E-state index in [0.29, 0.717) is 25.6 Å². The summed E-state index contributed by atoms with van der Waals surface area (Å²) in [6.07, 6.45) is 7.71. The van der Waals surface area contributed by atoms with Crippen molar-refractivity contribution in [2.45, 2.75) is 25.7 Å². The van der Waals surface area contributed by atoms with Gasteiger partial charge >= 0.3 is 0 Å². The Morgan fingerprint density at radius 1 is 1.32 bits per heavy atom. The van der Waals surface area contributed by atoms with Crippen LogP contribution >= 0.6 is 0 Å². The number of aryl methyl sites for hydroxylation is 2. The number of amides is 1. The maximum Gasteiger partial charge on any atom is 0.254 e. The van der Waals surface area contributed by atoms with E-state index in [4.69, 9.17) is 11.4 Å². The lowest BCUT2D eigenvalue weighted by atomic mass is 10.1. The second kappa shape index (κ2) is 6.16. The second-order valence-electron chi connectivity index (χ2n) is 7.05. The summed E-state index contributed by atoms with van der Waals surface area (Å²) < 4.78 is 1.79. The van der Waals surface area contributed by atoms with Gasteiger partial charge in [0.15, 0.2) is 5.65 Å². The number of hydrogen-bond donors (Lipinski definition) is 0. The Labute approximate surface area is 147 Å². The molecule has 2 fully saturated rings. The molecule has 0 unspecified atom stereocenters. The molecule has 3 heterocycles. The molecule has 0 N–H and O–H groups in total. The molecule has 1 aliphatic heterocycles. The highest BCUT2D eigenvalue weighted by Gasteiger charge is 2.30. The van der Waals surface area contributed by atoms with Crippen molar-refractivity contribution in [2.24, 2.45) is 7.05 Å². The number of rotatable bonds is 3. The molecule has 1 aliphatic carbocycles. The van der Waals surface area contributed by atoms with Crippen LogP contribution in [0.3, 0.4) is 0 Å². The van der Waals surface area contributed by atoms with Gasteiger partial charge in [-0.3, -0.25) is 14.4 Å². The molecule has 25 heavy (non-hydrogen) atoms. The Morgan fingerprint density at radius 3 is 2.68 bits per heavy atom. The lowest BCUT2D eigenvalue weighted by Gasteiger charge is -2.33. The van der Waals surface area contributed by atoms with Gasteiger partial charge in [0.2, 0.25) is 0 Å². The molecule has 1 saturated heterocycles. The van der Waals surface area contributed by atoms with E-state index in [1.165, 1.54) is 0 Å². The van der Waals surface area contributed by atoms with Crippen LogP contribution in [0.5, 0.6) is 0 Å². The highest BCUT2D eigenvalue weighted by atomic mass is 16.2. The fourth-order valence-electron chi connectivity index (χ4n) is 3.63. The van der Waals surface area contributed by atoms with E-state index in [1.807, 2.05) is 24.9 Å². The minimum absolute atomic E-state index is 0.0887. The molecule has 0 spiro atoms. The van der Waals surface area contributed by atoms with Crippen LogP contribution in [0.1, 0.15) is 40.5 Å². The first-order chi connectivity index (χ1) is 12.1. The lowest BCUT2D eigenvalue weighted by Crippen LogP contribution is -2.48. The van der Waals surface area contributed by atoms with Crippen LogP contribution in [0.2, 0.25) is 0 Å². The zero-order chi connectivity index (χ0) is 17.6. The molecule has 130 valence electrons. The molecule has 0 atom stereocenters. The largest absolute Gasteiger partial charge is 0.336 e. The molecule has 6 heteroatoms. The average molecular weight is 337 g/mol. The summed E-state index contributed by atoms with van der Waals surface area (Å²) in [6, 6.07) is 2.00. The van der Waals surface area contributed by atoms with Crippen LogP contribution in [0.15, 0.2) is 6.07 Å². The van der Waals surface area contributed by atoms with Gasteiger partial charge in [-0.05, 0) is 25.8 Å². The first-order valence-corrected chi connectivity index (χ1v) is 8.88. The van der Waals surface area contributed by atoms with E-state index in [-0.39, 0.29) is 5.91 Å². The van der Waals surface area contributed by atoms with Gasteiger partial charge in [-0.15, -0.1) is 6.42 Å². The lowest BCUT2D eigenvalue weighted by molar-refractivity contribution is 0.0654. The number of terminal acetylenes is 1. The molecule has 2 aliphatic rings. The molecule has 2 aromatic rings. The van der Waals surface area contributed by atoms with Crippen LogP contribution in [-0.4, -0.2) is 63.2 Å². The third-order valence-electron chi connectivity index (χ3n) is 5.19. The highest BCUT2D eigenvalue weighted by molar-refractivity contribution is 6.06. The van der Waals surface area contributed by atoms with E-state index >= 15 is 0 Å². The number of piperazine rings is 1. The summed E-state index contributed by atoms with van der Waals surface area (Å²) in [7, 11) is 1.89. The minimum Gasteiger partial charge on any atom is -0.336 e. The quantitative estimate of drug-likeness (QED) is 0.798. The predicted molar refractivity (Wildman–Crippen MR) is 96.4 cm³/mol.